The summed E-state index contributed by atoms with van der Waals surface area (Å²) in [6.07, 6.45) is 1.42. The van der Waals surface area contributed by atoms with Crippen LogP contribution in [0.1, 0.15) is 5.56 Å². The second-order valence-electron chi connectivity index (χ2n) is 3.26. The average molecular weight is 252 g/mol. The predicted octanol–water partition coefficient (Wildman–Crippen LogP) is 2.29. The van der Waals surface area contributed by atoms with Crippen molar-refractivity contribution < 1.29 is 4.92 Å². The van der Waals surface area contributed by atoms with Gasteiger partial charge in [-0.2, -0.15) is 0 Å². The summed E-state index contributed by atoms with van der Waals surface area (Å²) in [7, 11) is 0. The molecular weight excluding hydrogens is 240 g/mol. The molecule has 0 aliphatic rings. The van der Waals surface area contributed by atoms with E-state index in [1.807, 2.05) is 30.3 Å². The molecule has 3 N–H and O–H groups in total. The molecule has 90 valence electrons. The van der Waals surface area contributed by atoms with Crippen LogP contribution in [0, 0.1) is 10.1 Å². The van der Waals surface area contributed by atoms with Gasteiger partial charge in [0.15, 0.2) is 5.03 Å². The Morgan fingerprint density at radius 1 is 1.35 bits per heavy atom. The zero-order valence-electron chi connectivity index (χ0n) is 8.98. The molecule has 0 radical (unpaired) electrons. The van der Waals surface area contributed by atoms with Crippen LogP contribution in [-0.2, 0) is 6.54 Å². The van der Waals surface area contributed by atoms with Gasteiger partial charge in [-0.15, -0.1) is 12.6 Å². The maximum absolute atomic E-state index is 10.6. The average Bonchev–Trinajstić information content (AvgIpc) is 2.62. The van der Waals surface area contributed by atoms with E-state index in [-0.39, 0.29) is 17.0 Å². The summed E-state index contributed by atoms with van der Waals surface area (Å²) in [6, 6.07) is 9.64. The minimum Gasteiger partial charge on any atom is -0.358 e. The predicted molar refractivity (Wildman–Crippen MR) is 66.7 cm³/mol. The lowest BCUT2D eigenvalue weighted by Crippen LogP contribution is -1.99. The third kappa shape index (κ3) is 2.83. The topological polar surface area (TPSA) is 96.0 Å². The molecule has 0 aliphatic carbocycles. The number of nitro groups is 1. The van der Waals surface area contributed by atoms with Gasteiger partial charge in [0.2, 0.25) is 6.33 Å². The van der Waals surface area contributed by atoms with E-state index in [4.69, 9.17) is 0 Å². The Balaban J connectivity index is 0.00000144. The molecule has 6 nitrogen and oxygen atoms in total. The van der Waals surface area contributed by atoms with E-state index in [0.29, 0.717) is 6.54 Å². The van der Waals surface area contributed by atoms with Crippen molar-refractivity contribution in [3.8, 4) is 0 Å². The van der Waals surface area contributed by atoms with Gasteiger partial charge in [0, 0.05) is 0 Å². The van der Waals surface area contributed by atoms with Crippen LogP contribution in [-0.4, -0.2) is 14.5 Å². The smallest absolute Gasteiger partial charge is 0.358 e. The van der Waals surface area contributed by atoms with Gasteiger partial charge in [0.05, 0.1) is 6.54 Å². The van der Waals surface area contributed by atoms with Crippen molar-refractivity contribution in [2.75, 3.05) is 0 Å². The van der Waals surface area contributed by atoms with Crippen LogP contribution in [0.3, 0.4) is 0 Å². The molecule has 2 aromatic rings. The van der Waals surface area contributed by atoms with Gasteiger partial charge in [-0.05, 0) is 15.5 Å². The summed E-state index contributed by atoms with van der Waals surface area (Å²) in [5.74, 6) is -0.209. The van der Waals surface area contributed by atoms with Crippen molar-refractivity contribution >= 4 is 18.4 Å². The second-order valence-corrected chi connectivity index (χ2v) is 3.69. The third-order valence-electron chi connectivity index (χ3n) is 2.16. The first-order chi connectivity index (χ1) is 7.68. The fourth-order valence-corrected chi connectivity index (χ4v) is 1.65. The van der Waals surface area contributed by atoms with E-state index in [0.717, 1.165) is 5.56 Å². The Hall–Kier alpha value is -1.86. The second kappa shape index (κ2) is 5.46. The zero-order valence-corrected chi connectivity index (χ0v) is 9.88. The van der Waals surface area contributed by atoms with Crippen molar-refractivity contribution in [1.82, 2.24) is 15.7 Å². The molecule has 0 atom stereocenters. The summed E-state index contributed by atoms with van der Waals surface area (Å²) in [5.41, 5.74) is 1.05. The molecule has 17 heavy (non-hydrogen) atoms. The minimum atomic E-state index is -0.538. The Morgan fingerprint density at radius 2 is 2.00 bits per heavy atom. The number of nitrogens with zero attached hydrogens (tertiary/aromatic N) is 3. The number of benzene rings is 1. The molecular formula is C10H12N4O2S. The molecule has 0 spiro atoms. The molecule has 0 amide bonds. The lowest BCUT2D eigenvalue weighted by molar-refractivity contribution is -0.392. The van der Waals surface area contributed by atoms with Crippen molar-refractivity contribution in [2.45, 2.75) is 11.6 Å². The molecule has 0 bridgehead atoms. The van der Waals surface area contributed by atoms with E-state index >= 15 is 0 Å². The first-order valence-electron chi connectivity index (χ1n) is 4.61. The van der Waals surface area contributed by atoms with Crippen molar-refractivity contribution in [2.24, 2.45) is 0 Å². The normalized spacial score (nSPS) is 9.71. The minimum absolute atomic E-state index is 0. The molecule has 7 heteroatoms. The molecule has 0 saturated heterocycles. The third-order valence-corrected chi connectivity index (χ3v) is 2.62. The van der Waals surface area contributed by atoms with Crippen LogP contribution >= 0.6 is 12.6 Å². The van der Waals surface area contributed by atoms with E-state index in [1.165, 1.54) is 6.33 Å². The highest BCUT2D eigenvalue weighted by molar-refractivity contribution is 7.80. The summed E-state index contributed by atoms with van der Waals surface area (Å²) in [6.45, 7) is 0.528. The van der Waals surface area contributed by atoms with E-state index in [2.05, 4.69) is 17.6 Å². The highest BCUT2D eigenvalue weighted by Crippen LogP contribution is 2.20. The number of hydrogen-bond acceptors (Lipinski definition) is 5. The van der Waals surface area contributed by atoms with Gasteiger partial charge in [0.1, 0.15) is 0 Å². The molecule has 0 unspecified atom stereocenters. The highest BCUT2D eigenvalue weighted by atomic mass is 32.1. The van der Waals surface area contributed by atoms with Gasteiger partial charge in [-0.1, -0.05) is 30.3 Å². The molecule has 1 aromatic carbocycles. The van der Waals surface area contributed by atoms with Gasteiger partial charge >= 0.3 is 5.82 Å². The Kier molecular flexibility index (Phi) is 4.24. The van der Waals surface area contributed by atoms with Crippen LogP contribution in [0.15, 0.2) is 41.7 Å². The summed E-state index contributed by atoms with van der Waals surface area (Å²) in [4.78, 5) is 13.7. The first-order valence-corrected chi connectivity index (χ1v) is 5.05. The lowest BCUT2D eigenvalue weighted by atomic mass is 10.2. The SMILES string of the molecule is N.O=[N+]([O-])c1ncn(Cc2ccccc2)c1S. The Bertz CT molecular complexity index is 512. The standard InChI is InChI=1S/C10H9N3O2S.H3N/c14-13(15)9-10(16)12(7-11-9)6-8-4-2-1-3-5-8;/h1-5,7,16H,6H2;1H3. The van der Waals surface area contributed by atoms with Crippen LogP contribution < -0.4 is 6.15 Å². The van der Waals surface area contributed by atoms with E-state index in [1.54, 1.807) is 4.57 Å². The van der Waals surface area contributed by atoms with Crippen molar-refractivity contribution in [1.29, 1.82) is 0 Å². The molecule has 0 aliphatic heterocycles. The molecule has 0 fully saturated rings. The van der Waals surface area contributed by atoms with E-state index in [9.17, 15) is 10.1 Å². The van der Waals surface area contributed by atoms with Gasteiger partial charge in [-0.3, -0.25) is 4.57 Å². The monoisotopic (exact) mass is 252 g/mol. The maximum atomic E-state index is 10.6. The number of rotatable bonds is 3. The van der Waals surface area contributed by atoms with Gasteiger partial charge in [-0.25, -0.2) is 0 Å². The van der Waals surface area contributed by atoms with Crippen molar-refractivity contribution in [3.63, 3.8) is 0 Å². The van der Waals surface area contributed by atoms with Crippen LogP contribution in [0.25, 0.3) is 0 Å². The highest BCUT2D eigenvalue weighted by Gasteiger charge is 2.18. The quantitative estimate of drug-likeness (QED) is 0.497. The van der Waals surface area contributed by atoms with E-state index < -0.39 is 4.92 Å². The summed E-state index contributed by atoms with van der Waals surface area (Å²) in [5, 5.41) is 10.8. The van der Waals surface area contributed by atoms with Gasteiger partial charge < -0.3 is 16.3 Å². The maximum Gasteiger partial charge on any atom is 0.395 e. The fourth-order valence-electron chi connectivity index (χ4n) is 1.39. The first kappa shape index (κ1) is 13.2. The van der Waals surface area contributed by atoms with Crippen molar-refractivity contribution in [3.05, 3.63) is 52.3 Å². The molecule has 2 rings (SSSR count). The number of imidazole rings is 1. The van der Waals surface area contributed by atoms with Crippen LogP contribution in [0.2, 0.25) is 0 Å². The van der Waals surface area contributed by atoms with Crippen LogP contribution in [0.4, 0.5) is 5.82 Å². The number of aromatic nitrogens is 2. The Labute approximate surface area is 103 Å². The Morgan fingerprint density at radius 3 is 2.53 bits per heavy atom. The fraction of sp³-hybridized carbons (Fsp3) is 0.100. The number of hydrogen-bond donors (Lipinski definition) is 2. The van der Waals surface area contributed by atoms with Crippen LogP contribution in [0.5, 0.6) is 0 Å². The summed E-state index contributed by atoms with van der Waals surface area (Å²) >= 11 is 4.09. The summed E-state index contributed by atoms with van der Waals surface area (Å²) < 4.78 is 1.64. The lowest BCUT2D eigenvalue weighted by Gasteiger charge is -2.02. The zero-order chi connectivity index (χ0) is 11.5. The molecule has 0 saturated carbocycles. The van der Waals surface area contributed by atoms with Gasteiger partial charge in [0.25, 0.3) is 0 Å². The largest absolute Gasteiger partial charge is 0.395 e. The molecule has 1 heterocycles. The molecule has 1 aromatic heterocycles. The number of thiol groups is 1.